The molecule has 0 aromatic heterocycles. The molecule has 1 saturated carbocycles. The van der Waals surface area contributed by atoms with E-state index in [9.17, 15) is 14.7 Å². The minimum Gasteiger partial charge on any atom is -0.393 e. The number of rotatable bonds is 5. The second kappa shape index (κ2) is 8.00. The Morgan fingerprint density at radius 1 is 1.24 bits per heavy atom. The number of nitrogens with zero attached hydrogens (tertiary/aromatic N) is 2. The van der Waals surface area contributed by atoms with Crippen LogP contribution in [0.2, 0.25) is 0 Å². The van der Waals surface area contributed by atoms with Crippen molar-refractivity contribution in [2.75, 3.05) is 20.1 Å². The number of carbonyl (C=O) groups excluding carboxylic acids is 2. The van der Waals surface area contributed by atoms with Crippen molar-refractivity contribution in [3.05, 3.63) is 35.9 Å². The number of likely N-dealkylation sites (tertiary alicyclic amines) is 1. The maximum atomic E-state index is 12.7. The summed E-state index contributed by atoms with van der Waals surface area (Å²) in [5.41, 5.74) is 1.09. The first kappa shape index (κ1) is 17.9. The lowest BCUT2D eigenvalue weighted by atomic mass is 9.86. The van der Waals surface area contributed by atoms with Gasteiger partial charge in [0.15, 0.2) is 0 Å². The van der Waals surface area contributed by atoms with Gasteiger partial charge in [0.1, 0.15) is 0 Å². The fourth-order valence-corrected chi connectivity index (χ4v) is 4.05. The van der Waals surface area contributed by atoms with E-state index in [0.29, 0.717) is 26.1 Å². The van der Waals surface area contributed by atoms with E-state index in [1.54, 1.807) is 16.8 Å². The standard InChI is InChI=1S/C20H28N2O3/c1-21(13-16-9-5-6-10-18(16)23)20(25)17-11-19(24)22(14-17)12-15-7-3-2-4-8-15/h2-4,7-8,16-18,23H,5-6,9-14H2,1H3. The van der Waals surface area contributed by atoms with Crippen LogP contribution in [0.4, 0.5) is 0 Å². The molecule has 1 heterocycles. The van der Waals surface area contributed by atoms with E-state index < -0.39 is 0 Å². The summed E-state index contributed by atoms with van der Waals surface area (Å²) in [4.78, 5) is 28.5. The van der Waals surface area contributed by atoms with E-state index in [1.165, 1.54) is 0 Å². The van der Waals surface area contributed by atoms with Crippen molar-refractivity contribution >= 4 is 11.8 Å². The van der Waals surface area contributed by atoms with Crippen LogP contribution >= 0.6 is 0 Å². The van der Waals surface area contributed by atoms with Gasteiger partial charge in [0.05, 0.1) is 12.0 Å². The molecule has 2 fully saturated rings. The number of amides is 2. The lowest BCUT2D eigenvalue weighted by molar-refractivity contribution is -0.135. The zero-order valence-electron chi connectivity index (χ0n) is 14.9. The Kier molecular flexibility index (Phi) is 5.74. The van der Waals surface area contributed by atoms with E-state index in [-0.39, 0.29) is 29.8 Å². The Bertz CT molecular complexity index is 604. The number of hydrogen-bond acceptors (Lipinski definition) is 3. The molecule has 1 aromatic rings. The van der Waals surface area contributed by atoms with E-state index in [0.717, 1.165) is 31.2 Å². The van der Waals surface area contributed by atoms with Crippen LogP contribution in [0, 0.1) is 11.8 Å². The minimum absolute atomic E-state index is 0.0293. The molecule has 2 aliphatic rings. The second-order valence-corrected chi connectivity index (χ2v) is 7.49. The maximum Gasteiger partial charge on any atom is 0.227 e. The quantitative estimate of drug-likeness (QED) is 0.889. The van der Waals surface area contributed by atoms with Gasteiger partial charge in [-0.05, 0) is 18.4 Å². The van der Waals surface area contributed by atoms with Gasteiger partial charge in [-0.3, -0.25) is 9.59 Å². The maximum absolute atomic E-state index is 12.7. The van der Waals surface area contributed by atoms with E-state index in [2.05, 4.69) is 0 Å². The Morgan fingerprint density at radius 2 is 1.96 bits per heavy atom. The fraction of sp³-hybridized carbons (Fsp3) is 0.600. The average Bonchev–Trinajstić information content (AvgIpc) is 2.98. The van der Waals surface area contributed by atoms with Gasteiger partial charge < -0.3 is 14.9 Å². The number of hydrogen-bond donors (Lipinski definition) is 1. The molecule has 0 spiro atoms. The first-order chi connectivity index (χ1) is 12.0. The molecular formula is C20H28N2O3. The molecule has 1 aromatic carbocycles. The number of benzene rings is 1. The highest BCUT2D eigenvalue weighted by Crippen LogP contribution is 2.27. The normalized spacial score (nSPS) is 26.7. The third kappa shape index (κ3) is 4.40. The molecule has 1 N–H and O–H groups in total. The number of aliphatic hydroxyl groups is 1. The molecule has 5 nitrogen and oxygen atoms in total. The lowest BCUT2D eigenvalue weighted by Crippen LogP contribution is -2.41. The fourth-order valence-electron chi connectivity index (χ4n) is 4.05. The summed E-state index contributed by atoms with van der Waals surface area (Å²) in [6.07, 6.45) is 3.99. The van der Waals surface area contributed by atoms with Crippen molar-refractivity contribution in [2.24, 2.45) is 11.8 Å². The van der Waals surface area contributed by atoms with Crippen LogP contribution < -0.4 is 0 Å². The van der Waals surface area contributed by atoms with Gasteiger partial charge in [0.2, 0.25) is 11.8 Å². The highest BCUT2D eigenvalue weighted by Gasteiger charge is 2.36. The summed E-state index contributed by atoms with van der Waals surface area (Å²) in [5, 5.41) is 10.1. The van der Waals surface area contributed by atoms with Crippen LogP contribution in [0.25, 0.3) is 0 Å². The largest absolute Gasteiger partial charge is 0.393 e. The molecule has 3 rings (SSSR count). The predicted molar refractivity (Wildman–Crippen MR) is 95.6 cm³/mol. The summed E-state index contributed by atoms with van der Waals surface area (Å²) in [6, 6.07) is 9.87. The van der Waals surface area contributed by atoms with Crippen molar-refractivity contribution in [3.8, 4) is 0 Å². The third-order valence-corrected chi connectivity index (χ3v) is 5.53. The summed E-state index contributed by atoms with van der Waals surface area (Å²) in [5.74, 6) is -0.0165. The number of aliphatic hydroxyl groups excluding tert-OH is 1. The van der Waals surface area contributed by atoms with Gasteiger partial charge in [-0.15, -0.1) is 0 Å². The van der Waals surface area contributed by atoms with Crippen molar-refractivity contribution < 1.29 is 14.7 Å². The molecule has 1 saturated heterocycles. The topological polar surface area (TPSA) is 60.9 Å². The summed E-state index contributed by atoms with van der Waals surface area (Å²) in [7, 11) is 1.80. The van der Waals surface area contributed by atoms with Crippen molar-refractivity contribution in [2.45, 2.75) is 44.8 Å². The summed E-state index contributed by atoms with van der Waals surface area (Å²) in [6.45, 7) is 1.64. The van der Waals surface area contributed by atoms with Gasteiger partial charge in [-0.25, -0.2) is 0 Å². The zero-order valence-corrected chi connectivity index (χ0v) is 14.9. The first-order valence-electron chi connectivity index (χ1n) is 9.29. The Hall–Kier alpha value is -1.88. The average molecular weight is 344 g/mol. The molecule has 3 unspecified atom stereocenters. The van der Waals surface area contributed by atoms with E-state index >= 15 is 0 Å². The second-order valence-electron chi connectivity index (χ2n) is 7.49. The van der Waals surface area contributed by atoms with Crippen LogP contribution in [0.1, 0.15) is 37.7 Å². The van der Waals surface area contributed by atoms with Crippen molar-refractivity contribution in [1.29, 1.82) is 0 Å². The molecule has 5 heteroatoms. The lowest BCUT2D eigenvalue weighted by Gasteiger charge is -2.32. The van der Waals surface area contributed by atoms with Gasteiger partial charge in [0, 0.05) is 39.0 Å². The molecule has 0 bridgehead atoms. The van der Waals surface area contributed by atoms with Gasteiger partial charge >= 0.3 is 0 Å². The van der Waals surface area contributed by atoms with Crippen LogP contribution in [0.3, 0.4) is 0 Å². The van der Waals surface area contributed by atoms with Gasteiger partial charge in [-0.2, -0.15) is 0 Å². The van der Waals surface area contributed by atoms with Crippen LogP contribution in [0.15, 0.2) is 30.3 Å². The highest BCUT2D eigenvalue weighted by molar-refractivity contribution is 5.89. The van der Waals surface area contributed by atoms with Gasteiger partial charge in [0.25, 0.3) is 0 Å². The summed E-state index contributed by atoms with van der Waals surface area (Å²) >= 11 is 0. The molecule has 1 aliphatic heterocycles. The SMILES string of the molecule is CN(CC1CCCCC1O)C(=O)C1CC(=O)N(Cc2ccccc2)C1. The van der Waals surface area contributed by atoms with E-state index in [1.807, 2.05) is 30.3 Å². The summed E-state index contributed by atoms with van der Waals surface area (Å²) < 4.78 is 0. The molecule has 0 radical (unpaired) electrons. The molecule has 3 atom stereocenters. The Balaban J connectivity index is 1.54. The molecule has 25 heavy (non-hydrogen) atoms. The van der Waals surface area contributed by atoms with E-state index in [4.69, 9.17) is 0 Å². The molecule has 1 aliphatic carbocycles. The zero-order chi connectivity index (χ0) is 17.8. The number of carbonyl (C=O) groups is 2. The predicted octanol–water partition coefficient (Wildman–Crippen LogP) is 2.04. The molecule has 136 valence electrons. The highest BCUT2D eigenvalue weighted by atomic mass is 16.3. The minimum atomic E-state index is -0.302. The smallest absolute Gasteiger partial charge is 0.227 e. The van der Waals surface area contributed by atoms with Crippen LogP contribution in [-0.2, 0) is 16.1 Å². The van der Waals surface area contributed by atoms with Crippen LogP contribution in [-0.4, -0.2) is 53.0 Å². The van der Waals surface area contributed by atoms with Crippen molar-refractivity contribution in [1.82, 2.24) is 9.80 Å². The Labute approximate surface area is 149 Å². The van der Waals surface area contributed by atoms with Crippen LogP contribution in [0.5, 0.6) is 0 Å². The van der Waals surface area contributed by atoms with Gasteiger partial charge in [-0.1, -0.05) is 43.2 Å². The monoisotopic (exact) mass is 344 g/mol. The molecule has 2 amide bonds. The Morgan fingerprint density at radius 3 is 2.68 bits per heavy atom. The molecular weight excluding hydrogens is 316 g/mol. The van der Waals surface area contributed by atoms with Crippen molar-refractivity contribution in [3.63, 3.8) is 0 Å². The third-order valence-electron chi connectivity index (χ3n) is 5.53. The first-order valence-corrected chi connectivity index (χ1v) is 9.29.